The van der Waals surface area contributed by atoms with Crippen LogP contribution in [0.4, 0.5) is 0 Å². The fraction of sp³-hybridized carbons (Fsp3) is 0.952. The molecule has 0 heterocycles. The molecule has 0 aliphatic rings. The quantitative estimate of drug-likeness (QED) is 0.0360. The van der Waals surface area contributed by atoms with E-state index in [9.17, 15) is 14.5 Å². The molecular formula is C42H82N2O5. The smallest absolute Gasteiger partial charge is 0.305 e. The summed E-state index contributed by atoms with van der Waals surface area (Å²) in [7, 11) is 0. The topological polar surface area (TPSA) is 85.3 Å². The van der Waals surface area contributed by atoms with Crippen molar-refractivity contribution in [2.45, 2.75) is 213 Å². The number of nitroso groups, excluding NO2 is 1. The number of ether oxygens (including phenoxy) is 2. The van der Waals surface area contributed by atoms with Gasteiger partial charge in [0.1, 0.15) is 0 Å². The second-order valence-electron chi connectivity index (χ2n) is 14.7. The summed E-state index contributed by atoms with van der Waals surface area (Å²) in [6.07, 6.45) is 34.6. The van der Waals surface area contributed by atoms with Gasteiger partial charge in [-0.05, 0) is 64.0 Å². The first-order valence-corrected chi connectivity index (χ1v) is 21.4. The zero-order chi connectivity index (χ0) is 35.9. The van der Waals surface area contributed by atoms with E-state index in [0.717, 1.165) is 64.5 Å². The molecule has 0 saturated heterocycles. The van der Waals surface area contributed by atoms with Gasteiger partial charge in [-0.1, -0.05) is 161 Å². The van der Waals surface area contributed by atoms with Gasteiger partial charge in [-0.2, -0.15) is 4.91 Å². The number of hydrogen-bond acceptors (Lipinski definition) is 7. The van der Waals surface area contributed by atoms with Crippen molar-refractivity contribution in [3.05, 3.63) is 4.91 Å². The van der Waals surface area contributed by atoms with Crippen LogP contribution in [0.25, 0.3) is 0 Å². The molecule has 0 aromatic rings. The molecule has 0 spiro atoms. The predicted octanol–water partition coefficient (Wildman–Crippen LogP) is 12.5. The van der Waals surface area contributed by atoms with Crippen LogP contribution in [0.5, 0.6) is 0 Å². The summed E-state index contributed by atoms with van der Waals surface area (Å²) in [5, 5.41) is 3.07. The lowest BCUT2D eigenvalue weighted by Gasteiger charge is -2.21. The normalized spacial score (nSPS) is 11.4. The summed E-state index contributed by atoms with van der Waals surface area (Å²) < 4.78 is 11.2. The van der Waals surface area contributed by atoms with Crippen LogP contribution in [0.3, 0.4) is 0 Å². The second-order valence-corrected chi connectivity index (χ2v) is 14.7. The van der Waals surface area contributed by atoms with Gasteiger partial charge in [-0.25, -0.2) is 0 Å². The van der Waals surface area contributed by atoms with Crippen molar-refractivity contribution in [1.82, 2.24) is 4.90 Å². The minimum absolute atomic E-state index is 0.0470. The van der Waals surface area contributed by atoms with Crippen molar-refractivity contribution >= 4 is 11.9 Å². The summed E-state index contributed by atoms with van der Waals surface area (Å²) in [5.41, 5.74) is 0. The van der Waals surface area contributed by atoms with E-state index in [1.165, 1.54) is 128 Å². The van der Waals surface area contributed by atoms with E-state index in [0.29, 0.717) is 45.1 Å². The Labute approximate surface area is 304 Å². The standard InChI is InChI=1S/C42H82N2O5/c1-4-7-10-13-16-17-20-29-38-48-41(45)32-25-21-27-35-44(37-34-43-47)36-28-22-26-33-42(46)49-39-40(30-23-18-14-11-8-5-2)31-24-19-15-12-9-6-3/h40H,4-39H2,1-3H3. The Morgan fingerprint density at radius 1 is 0.490 bits per heavy atom. The Balaban J connectivity index is 4.11. The summed E-state index contributed by atoms with van der Waals surface area (Å²) in [6, 6.07) is 0. The molecule has 7 heteroatoms. The Hall–Kier alpha value is -1.50. The molecule has 0 fully saturated rings. The van der Waals surface area contributed by atoms with Gasteiger partial charge in [0.2, 0.25) is 0 Å². The molecule has 0 bridgehead atoms. The van der Waals surface area contributed by atoms with Gasteiger partial charge in [0.05, 0.1) is 19.8 Å². The van der Waals surface area contributed by atoms with Gasteiger partial charge in [0.15, 0.2) is 0 Å². The highest BCUT2D eigenvalue weighted by Crippen LogP contribution is 2.20. The second kappa shape index (κ2) is 39.3. The van der Waals surface area contributed by atoms with E-state index >= 15 is 0 Å². The van der Waals surface area contributed by atoms with Gasteiger partial charge in [-0.15, -0.1) is 0 Å². The highest BCUT2D eigenvalue weighted by Gasteiger charge is 2.13. The third kappa shape index (κ3) is 36.1. The number of esters is 2. The van der Waals surface area contributed by atoms with Crippen molar-refractivity contribution in [3.8, 4) is 0 Å². The molecular weight excluding hydrogens is 612 g/mol. The van der Waals surface area contributed by atoms with Crippen LogP contribution >= 0.6 is 0 Å². The first-order valence-electron chi connectivity index (χ1n) is 21.4. The van der Waals surface area contributed by atoms with Crippen LogP contribution in [0.1, 0.15) is 213 Å². The zero-order valence-electron chi connectivity index (χ0n) is 33.0. The first-order chi connectivity index (χ1) is 24.1. The lowest BCUT2D eigenvalue weighted by Crippen LogP contribution is -2.28. The average Bonchev–Trinajstić information content (AvgIpc) is 3.10. The monoisotopic (exact) mass is 695 g/mol. The van der Waals surface area contributed by atoms with Crippen LogP contribution in [0.2, 0.25) is 0 Å². The number of unbranched alkanes of at least 4 members (excludes halogenated alkanes) is 21. The highest BCUT2D eigenvalue weighted by atomic mass is 16.5. The first kappa shape index (κ1) is 47.5. The van der Waals surface area contributed by atoms with Gasteiger partial charge in [-0.3, -0.25) is 9.59 Å². The SMILES string of the molecule is CCCCCCCCCCOC(=O)CCCCCN(CCCCCC(=O)OCC(CCCCCCCC)CCCCCCCC)CCN=O. The molecule has 290 valence electrons. The van der Waals surface area contributed by atoms with Gasteiger partial charge < -0.3 is 14.4 Å². The minimum Gasteiger partial charge on any atom is -0.466 e. The molecule has 0 radical (unpaired) electrons. The van der Waals surface area contributed by atoms with E-state index < -0.39 is 0 Å². The van der Waals surface area contributed by atoms with Gasteiger partial charge in [0.25, 0.3) is 0 Å². The molecule has 0 unspecified atom stereocenters. The molecule has 0 aliphatic carbocycles. The predicted molar refractivity (Wildman–Crippen MR) is 208 cm³/mol. The summed E-state index contributed by atoms with van der Waals surface area (Å²) in [4.78, 5) is 37.7. The van der Waals surface area contributed by atoms with Crippen LogP contribution < -0.4 is 0 Å². The molecule has 49 heavy (non-hydrogen) atoms. The molecule has 0 amide bonds. The largest absolute Gasteiger partial charge is 0.466 e. The maximum absolute atomic E-state index is 12.6. The molecule has 0 N–H and O–H groups in total. The van der Waals surface area contributed by atoms with E-state index in [1.807, 2.05) is 0 Å². The lowest BCUT2D eigenvalue weighted by atomic mass is 9.94. The van der Waals surface area contributed by atoms with E-state index in [4.69, 9.17) is 9.47 Å². The number of rotatable bonds is 40. The molecule has 7 nitrogen and oxygen atoms in total. The molecule has 0 saturated carbocycles. The molecule has 0 aromatic carbocycles. The Bertz CT molecular complexity index is 703. The number of nitrogens with zero attached hydrogens (tertiary/aromatic N) is 2. The van der Waals surface area contributed by atoms with Crippen LogP contribution in [0, 0.1) is 10.8 Å². The van der Waals surface area contributed by atoms with Crippen molar-refractivity contribution in [3.63, 3.8) is 0 Å². The lowest BCUT2D eigenvalue weighted by molar-refractivity contribution is -0.145. The Morgan fingerprint density at radius 2 is 0.898 bits per heavy atom. The van der Waals surface area contributed by atoms with Crippen molar-refractivity contribution < 1.29 is 19.1 Å². The zero-order valence-corrected chi connectivity index (χ0v) is 33.0. The third-order valence-electron chi connectivity index (χ3n) is 9.89. The third-order valence-corrected chi connectivity index (χ3v) is 9.89. The fourth-order valence-corrected chi connectivity index (χ4v) is 6.60. The highest BCUT2D eigenvalue weighted by molar-refractivity contribution is 5.69. The molecule has 0 aliphatic heterocycles. The van der Waals surface area contributed by atoms with Crippen molar-refractivity contribution in [2.24, 2.45) is 11.1 Å². The van der Waals surface area contributed by atoms with Crippen LogP contribution in [-0.2, 0) is 19.1 Å². The van der Waals surface area contributed by atoms with E-state index in [-0.39, 0.29) is 11.9 Å². The number of carbonyl (C=O) groups excluding carboxylic acids is 2. The number of carbonyl (C=O) groups is 2. The maximum Gasteiger partial charge on any atom is 0.305 e. The maximum atomic E-state index is 12.6. The Kier molecular flexibility index (Phi) is 38.1. The van der Waals surface area contributed by atoms with Crippen LogP contribution in [0.15, 0.2) is 5.18 Å². The van der Waals surface area contributed by atoms with Crippen molar-refractivity contribution in [2.75, 3.05) is 39.4 Å². The minimum atomic E-state index is -0.0744. The molecule has 0 atom stereocenters. The summed E-state index contributed by atoms with van der Waals surface area (Å²) >= 11 is 0. The average molecular weight is 695 g/mol. The van der Waals surface area contributed by atoms with Crippen molar-refractivity contribution in [1.29, 1.82) is 0 Å². The fourth-order valence-electron chi connectivity index (χ4n) is 6.60. The summed E-state index contributed by atoms with van der Waals surface area (Å²) in [6.45, 7) is 10.7. The van der Waals surface area contributed by atoms with Gasteiger partial charge >= 0.3 is 11.9 Å². The molecule has 0 aromatic heterocycles. The van der Waals surface area contributed by atoms with Crippen LogP contribution in [-0.4, -0.2) is 56.2 Å². The summed E-state index contributed by atoms with van der Waals surface area (Å²) in [5.74, 6) is 0.385. The van der Waals surface area contributed by atoms with Gasteiger partial charge in [0, 0.05) is 19.4 Å². The van der Waals surface area contributed by atoms with E-state index in [2.05, 4.69) is 30.8 Å². The van der Waals surface area contributed by atoms with E-state index in [1.54, 1.807) is 0 Å². The Morgan fingerprint density at radius 3 is 1.37 bits per heavy atom. The number of hydrogen-bond donors (Lipinski definition) is 0. The molecule has 0 rings (SSSR count).